The largest absolute Gasteiger partial charge is 0.497 e. The summed E-state index contributed by atoms with van der Waals surface area (Å²) in [6.45, 7) is 13.6. The molecule has 0 radical (unpaired) electrons. The van der Waals surface area contributed by atoms with Crippen molar-refractivity contribution >= 4 is 14.1 Å². The predicted octanol–water partition coefficient (Wildman–Crippen LogP) is 4.97. The van der Waals surface area contributed by atoms with Crippen molar-refractivity contribution in [2.45, 2.75) is 77.5 Å². The minimum absolute atomic E-state index is 0.0459. The number of Topliss-reactive ketones (excluding diaryl/α,β-unsaturated/α-hetero) is 1. The van der Waals surface area contributed by atoms with Crippen molar-refractivity contribution in [3.05, 3.63) is 29.8 Å². The van der Waals surface area contributed by atoms with Crippen LogP contribution in [-0.4, -0.2) is 33.4 Å². The molecule has 0 spiro atoms. The molecule has 26 heavy (non-hydrogen) atoms. The molecule has 146 valence electrons. The van der Waals surface area contributed by atoms with Gasteiger partial charge in [0.25, 0.3) is 0 Å². The number of benzene rings is 1. The zero-order valence-corrected chi connectivity index (χ0v) is 18.3. The smallest absolute Gasteiger partial charge is 0.193 e. The molecule has 1 aliphatic carbocycles. The summed E-state index contributed by atoms with van der Waals surface area (Å²) in [7, 11) is -0.332. The standard InChI is InChI=1S/C21H34O4Si/c1-15-19(24-14-16-8-10-17(23-5)11-9-16)13-12-18(22)20(15)25-26(6,7)21(2,3)4/h8-11,15,19-20H,12-14H2,1-7H3/t15-,19+,20+/m1/s1. The Hall–Kier alpha value is -1.17. The highest BCUT2D eigenvalue weighted by atomic mass is 28.4. The van der Waals surface area contributed by atoms with Crippen LogP contribution in [0.2, 0.25) is 18.1 Å². The van der Waals surface area contributed by atoms with Crippen LogP contribution in [0.15, 0.2) is 24.3 Å². The van der Waals surface area contributed by atoms with E-state index in [-0.39, 0.29) is 28.9 Å². The molecule has 0 amide bonds. The topological polar surface area (TPSA) is 44.8 Å². The molecule has 0 N–H and O–H groups in total. The average Bonchev–Trinajstić information content (AvgIpc) is 2.57. The summed E-state index contributed by atoms with van der Waals surface area (Å²) < 4.78 is 17.8. The number of rotatable bonds is 6. The number of ether oxygens (including phenoxy) is 2. The molecule has 2 rings (SSSR count). The Bertz CT molecular complexity index is 603. The van der Waals surface area contributed by atoms with Gasteiger partial charge in [0.15, 0.2) is 14.1 Å². The Morgan fingerprint density at radius 1 is 1.15 bits per heavy atom. The maximum Gasteiger partial charge on any atom is 0.193 e. The van der Waals surface area contributed by atoms with E-state index in [0.29, 0.717) is 13.0 Å². The molecule has 1 fully saturated rings. The van der Waals surface area contributed by atoms with Gasteiger partial charge in [-0.25, -0.2) is 0 Å². The lowest BCUT2D eigenvalue weighted by Gasteiger charge is -2.43. The zero-order chi connectivity index (χ0) is 19.5. The van der Waals surface area contributed by atoms with Crippen molar-refractivity contribution < 1.29 is 18.7 Å². The van der Waals surface area contributed by atoms with Gasteiger partial charge in [-0.2, -0.15) is 0 Å². The number of ketones is 1. The van der Waals surface area contributed by atoms with Crippen molar-refractivity contribution in [2.24, 2.45) is 5.92 Å². The molecule has 0 aromatic heterocycles. The van der Waals surface area contributed by atoms with E-state index in [4.69, 9.17) is 13.9 Å². The minimum atomic E-state index is -1.99. The Morgan fingerprint density at radius 2 is 1.77 bits per heavy atom. The van der Waals surface area contributed by atoms with E-state index in [2.05, 4.69) is 40.8 Å². The van der Waals surface area contributed by atoms with E-state index < -0.39 is 8.32 Å². The summed E-state index contributed by atoms with van der Waals surface area (Å²) in [4.78, 5) is 12.5. The predicted molar refractivity (Wildman–Crippen MR) is 107 cm³/mol. The lowest BCUT2D eigenvalue weighted by Crippen LogP contribution is -2.52. The second-order valence-corrected chi connectivity index (χ2v) is 13.6. The lowest BCUT2D eigenvalue weighted by molar-refractivity contribution is -0.139. The molecule has 4 nitrogen and oxygen atoms in total. The Kier molecular flexibility index (Phi) is 6.69. The van der Waals surface area contributed by atoms with E-state index in [1.54, 1.807) is 7.11 Å². The van der Waals surface area contributed by atoms with Crippen LogP contribution < -0.4 is 4.74 Å². The molecule has 0 aliphatic heterocycles. The SMILES string of the molecule is COc1ccc(CO[C@H]2CCC(=O)[C@@H](O[Si](C)(C)C(C)(C)C)[C@@H]2C)cc1. The van der Waals surface area contributed by atoms with Crippen LogP contribution in [0.25, 0.3) is 0 Å². The summed E-state index contributed by atoms with van der Waals surface area (Å²) in [5.74, 6) is 1.14. The molecule has 1 saturated carbocycles. The van der Waals surface area contributed by atoms with Gasteiger partial charge in [0.05, 0.1) is 19.8 Å². The fourth-order valence-electron chi connectivity index (χ4n) is 3.01. The van der Waals surface area contributed by atoms with Crippen LogP contribution in [-0.2, 0) is 20.6 Å². The van der Waals surface area contributed by atoms with E-state index in [1.807, 2.05) is 24.3 Å². The number of methoxy groups -OCH3 is 1. The molecular weight excluding hydrogens is 344 g/mol. The van der Waals surface area contributed by atoms with E-state index in [1.165, 1.54) is 0 Å². The normalized spacial score (nSPS) is 24.6. The Morgan fingerprint density at radius 3 is 2.31 bits per heavy atom. The number of carbonyl (C=O) groups is 1. The molecule has 0 heterocycles. The first-order chi connectivity index (χ1) is 12.0. The van der Waals surface area contributed by atoms with E-state index in [9.17, 15) is 4.79 Å². The zero-order valence-electron chi connectivity index (χ0n) is 17.3. The van der Waals surface area contributed by atoms with E-state index in [0.717, 1.165) is 17.7 Å². The van der Waals surface area contributed by atoms with Crippen molar-refractivity contribution in [3.8, 4) is 5.75 Å². The molecule has 0 unspecified atom stereocenters. The van der Waals surface area contributed by atoms with Crippen LogP contribution in [0.3, 0.4) is 0 Å². The maximum atomic E-state index is 12.5. The highest BCUT2D eigenvalue weighted by Gasteiger charge is 2.45. The molecule has 3 atom stereocenters. The van der Waals surface area contributed by atoms with Gasteiger partial charge in [-0.05, 0) is 42.2 Å². The minimum Gasteiger partial charge on any atom is -0.497 e. The second-order valence-electron chi connectivity index (χ2n) is 8.86. The summed E-state index contributed by atoms with van der Waals surface area (Å²) in [6, 6.07) is 7.91. The van der Waals surface area contributed by atoms with Gasteiger partial charge in [-0.1, -0.05) is 39.8 Å². The highest BCUT2D eigenvalue weighted by Crippen LogP contribution is 2.40. The first kappa shape index (κ1) is 21.1. The summed E-state index contributed by atoms with van der Waals surface area (Å²) in [5, 5.41) is 0.0872. The molecule has 1 aromatic carbocycles. The summed E-state index contributed by atoms with van der Waals surface area (Å²) >= 11 is 0. The molecule has 1 aliphatic rings. The Balaban J connectivity index is 2.01. The van der Waals surface area contributed by atoms with Gasteiger partial charge < -0.3 is 13.9 Å². The number of hydrogen-bond donors (Lipinski definition) is 0. The Labute approximate surface area is 159 Å². The number of hydrogen-bond acceptors (Lipinski definition) is 4. The first-order valence-electron chi connectivity index (χ1n) is 9.50. The number of carbonyl (C=O) groups excluding carboxylic acids is 1. The van der Waals surface area contributed by atoms with Gasteiger partial charge in [-0.15, -0.1) is 0 Å². The maximum absolute atomic E-state index is 12.5. The first-order valence-corrected chi connectivity index (χ1v) is 12.4. The van der Waals surface area contributed by atoms with Crippen LogP contribution in [0.4, 0.5) is 0 Å². The second kappa shape index (κ2) is 8.24. The third-order valence-corrected chi connectivity index (χ3v) is 10.4. The third kappa shape index (κ3) is 4.96. The van der Waals surface area contributed by atoms with E-state index >= 15 is 0 Å². The summed E-state index contributed by atoms with van der Waals surface area (Å²) in [5.41, 5.74) is 1.11. The van der Waals surface area contributed by atoms with Crippen molar-refractivity contribution in [3.63, 3.8) is 0 Å². The fourth-order valence-corrected chi connectivity index (χ4v) is 4.34. The monoisotopic (exact) mass is 378 g/mol. The van der Waals surface area contributed by atoms with Gasteiger partial charge in [0.2, 0.25) is 0 Å². The van der Waals surface area contributed by atoms with Gasteiger partial charge in [0.1, 0.15) is 11.9 Å². The molecule has 1 aromatic rings. The van der Waals surface area contributed by atoms with Crippen LogP contribution >= 0.6 is 0 Å². The molecule has 0 saturated heterocycles. The summed E-state index contributed by atoms with van der Waals surface area (Å²) in [6.07, 6.45) is 1.01. The van der Waals surface area contributed by atoms with Crippen LogP contribution in [0.1, 0.15) is 46.1 Å². The van der Waals surface area contributed by atoms with Crippen molar-refractivity contribution in [1.29, 1.82) is 0 Å². The quantitative estimate of drug-likeness (QED) is 0.656. The highest BCUT2D eigenvalue weighted by molar-refractivity contribution is 6.74. The van der Waals surface area contributed by atoms with Crippen LogP contribution in [0.5, 0.6) is 5.75 Å². The molecule has 5 heteroatoms. The average molecular weight is 379 g/mol. The molecule has 0 bridgehead atoms. The lowest BCUT2D eigenvalue weighted by atomic mass is 9.84. The van der Waals surface area contributed by atoms with Gasteiger partial charge in [0, 0.05) is 12.3 Å². The van der Waals surface area contributed by atoms with Crippen LogP contribution in [0, 0.1) is 5.92 Å². The molecular formula is C21H34O4Si. The van der Waals surface area contributed by atoms with Gasteiger partial charge in [-0.3, -0.25) is 4.79 Å². The van der Waals surface area contributed by atoms with Crippen molar-refractivity contribution in [2.75, 3.05) is 7.11 Å². The fraction of sp³-hybridized carbons (Fsp3) is 0.667. The van der Waals surface area contributed by atoms with Gasteiger partial charge >= 0.3 is 0 Å². The van der Waals surface area contributed by atoms with Crippen molar-refractivity contribution in [1.82, 2.24) is 0 Å². The third-order valence-electron chi connectivity index (χ3n) is 5.91.